The number of rotatable bonds is 6. The standard InChI is InChI=1S/C17H15ClN4O4/c1-11(20-21-17(24)12-5-7-13(18)8-6-12)9-16(23)19-14-3-2-4-15(10-14)22(25)26/h2-8,10H,9H2,1H3,(H,19,23)(H,21,24)/b20-11-. The van der Waals surface area contributed by atoms with E-state index in [0.717, 1.165) is 0 Å². The Labute approximate surface area is 154 Å². The molecule has 8 nitrogen and oxygen atoms in total. The van der Waals surface area contributed by atoms with E-state index in [0.29, 0.717) is 22.0 Å². The smallest absolute Gasteiger partial charge is 0.271 e. The number of halogens is 1. The molecular formula is C17H15ClN4O4. The SMILES string of the molecule is C/C(CC(=O)Nc1cccc([N+](=O)[O-])c1)=N/NC(=O)c1ccc(Cl)cc1. The number of nitrogens with one attached hydrogen (secondary N) is 2. The maximum atomic E-state index is 12.0. The van der Waals surface area contributed by atoms with Crippen molar-refractivity contribution in [2.75, 3.05) is 5.32 Å². The van der Waals surface area contributed by atoms with Crippen LogP contribution >= 0.6 is 11.6 Å². The molecule has 0 aliphatic carbocycles. The van der Waals surface area contributed by atoms with Gasteiger partial charge in [-0.25, -0.2) is 5.43 Å². The monoisotopic (exact) mass is 374 g/mol. The Hall–Kier alpha value is -3.26. The summed E-state index contributed by atoms with van der Waals surface area (Å²) in [5.41, 5.74) is 3.29. The van der Waals surface area contributed by atoms with E-state index in [1.165, 1.54) is 18.2 Å². The third kappa shape index (κ3) is 5.67. The molecule has 2 aromatic carbocycles. The zero-order valence-electron chi connectivity index (χ0n) is 13.7. The van der Waals surface area contributed by atoms with Crippen LogP contribution in [0.2, 0.25) is 5.02 Å². The number of hydrogen-bond donors (Lipinski definition) is 2. The lowest BCUT2D eigenvalue weighted by Crippen LogP contribution is -2.21. The summed E-state index contributed by atoms with van der Waals surface area (Å²) in [5.74, 6) is -0.840. The third-order valence-corrected chi connectivity index (χ3v) is 3.46. The molecule has 0 aromatic heterocycles. The van der Waals surface area contributed by atoms with Crippen molar-refractivity contribution in [3.05, 3.63) is 69.2 Å². The van der Waals surface area contributed by atoms with Crippen molar-refractivity contribution in [1.82, 2.24) is 5.43 Å². The van der Waals surface area contributed by atoms with Gasteiger partial charge in [0, 0.05) is 34.1 Å². The van der Waals surface area contributed by atoms with Crippen molar-refractivity contribution < 1.29 is 14.5 Å². The number of nitrogens with zero attached hydrogens (tertiary/aromatic N) is 2. The van der Waals surface area contributed by atoms with Crippen LogP contribution in [0.25, 0.3) is 0 Å². The van der Waals surface area contributed by atoms with Crippen molar-refractivity contribution in [3.63, 3.8) is 0 Å². The number of carbonyl (C=O) groups excluding carboxylic acids is 2. The fourth-order valence-corrected chi connectivity index (χ4v) is 2.11. The summed E-state index contributed by atoms with van der Waals surface area (Å²) in [7, 11) is 0. The lowest BCUT2D eigenvalue weighted by molar-refractivity contribution is -0.384. The van der Waals surface area contributed by atoms with Gasteiger partial charge >= 0.3 is 0 Å². The molecule has 134 valence electrons. The minimum Gasteiger partial charge on any atom is -0.326 e. The Balaban J connectivity index is 1.90. The Bertz CT molecular complexity index is 865. The van der Waals surface area contributed by atoms with Crippen molar-refractivity contribution in [2.45, 2.75) is 13.3 Å². The Morgan fingerprint density at radius 2 is 1.88 bits per heavy atom. The van der Waals surface area contributed by atoms with E-state index >= 15 is 0 Å². The Kier molecular flexibility index (Phi) is 6.40. The predicted molar refractivity (Wildman–Crippen MR) is 98.4 cm³/mol. The number of amides is 2. The number of hydrazone groups is 1. The van der Waals surface area contributed by atoms with Crippen LogP contribution in [-0.2, 0) is 4.79 Å². The molecule has 0 heterocycles. The van der Waals surface area contributed by atoms with Gasteiger partial charge in [-0.05, 0) is 37.3 Å². The minimum atomic E-state index is -0.547. The highest BCUT2D eigenvalue weighted by Gasteiger charge is 2.10. The minimum absolute atomic E-state index is 0.0798. The molecule has 0 unspecified atom stereocenters. The summed E-state index contributed by atoms with van der Waals surface area (Å²) in [6, 6.07) is 11.9. The van der Waals surface area contributed by atoms with Gasteiger partial charge in [-0.2, -0.15) is 5.10 Å². The lowest BCUT2D eigenvalue weighted by Gasteiger charge is -2.05. The Morgan fingerprint density at radius 3 is 2.54 bits per heavy atom. The molecular weight excluding hydrogens is 360 g/mol. The van der Waals surface area contributed by atoms with Crippen LogP contribution in [-0.4, -0.2) is 22.4 Å². The van der Waals surface area contributed by atoms with Gasteiger partial charge in [0.05, 0.1) is 11.3 Å². The highest BCUT2D eigenvalue weighted by Crippen LogP contribution is 2.17. The molecule has 9 heteroatoms. The first-order valence-corrected chi connectivity index (χ1v) is 7.86. The summed E-state index contributed by atoms with van der Waals surface area (Å²) in [6.07, 6.45) is -0.0798. The van der Waals surface area contributed by atoms with Gasteiger partial charge in [0.1, 0.15) is 0 Å². The molecule has 0 spiro atoms. The molecule has 2 amide bonds. The van der Waals surface area contributed by atoms with E-state index in [1.807, 2.05) is 0 Å². The molecule has 0 saturated carbocycles. The van der Waals surface area contributed by atoms with Crippen LogP contribution < -0.4 is 10.7 Å². The van der Waals surface area contributed by atoms with E-state index in [1.54, 1.807) is 37.3 Å². The molecule has 0 fully saturated rings. The quantitative estimate of drug-likeness (QED) is 0.458. The first kappa shape index (κ1) is 19.1. The fraction of sp³-hybridized carbons (Fsp3) is 0.118. The van der Waals surface area contributed by atoms with Gasteiger partial charge < -0.3 is 5.32 Å². The summed E-state index contributed by atoms with van der Waals surface area (Å²) in [6.45, 7) is 1.58. The van der Waals surface area contributed by atoms with Gasteiger partial charge in [-0.1, -0.05) is 17.7 Å². The maximum absolute atomic E-state index is 12.0. The number of non-ortho nitro benzene ring substituents is 1. The number of benzene rings is 2. The van der Waals surface area contributed by atoms with E-state index in [-0.39, 0.29) is 12.1 Å². The second kappa shape index (κ2) is 8.72. The van der Waals surface area contributed by atoms with Crippen LogP contribution in [0.5, 0.6) is 0 Å². The summed E-state index contributed by atoms with van der Waals surface area (Å²) < 4.78 is 0. The number of anilines is 1. The number of nitro groups is 1. The average molecular weight is 375 g/mol. The van der Waals surface area contributed by atoms with Gasteiger partial charge in [0.15, 0.2) is 0 Å². The van der Waals surface area contributed by atoms with Gasteiger partial charge in [0.25, 0.3) is 11.6 Å². The molecule has 0 radical (unpaired) electrons. The first-order valence-electron chi connectivity index (χ1n) is 7.48. The molecule has 2 aromatic rings. The number of nitro benzene ring substituents is 1. The van der Waals surface area contributed by atoms with Crippen molar-refractivity contribution in [3.8, 4) is 0 Å². The molecule has 26 heavy (non-hydrogen) atoms. The topological polar surface area (TPSA) is 114 Å². The van der Waals surface area contributed by atoms with Crippen LogP contribution in [0.1, 0.15) is 23.7 Å². The molecule has 0 saturated heterocycles. The molecule has 2 rings (SSSR count). The van der Waals surface area contributed by atoms with Crippen LogP contribution in [0.4, 0.5) is 11.4 Å². The highest BCUT2D eigenvalue weighted by molar-refractivity contribution is 6.30. The van der Waals surface area contributed by atoms with Gasteiger partial charge in [-0.3, -0.25) is 19.7 Å². The second-order valence-electron chi connectivity index (χ2n) is 5.33. The lowest BCUT2D eigenvalue weighted by atomic mass is 10.2. The zero-order valence-corrected chi connectivity index (χ0v) is 14.5. The van der Waals surface area contributed by atoms with Crippen LogP contribution in [0.15, 0.2) is 53.6 Å². The molecule has 0 bridgehead atoms. The van der Waals surface area contributed by atoms with Gasteiger partial charge in [0.2, 0.25) is 5.91 Å². The van der Waals surface area contributed by atoms with E-state index in [4.69, 9.17) is 11.6 Å². The van der Waals surface area contributed by atoms with Crippen molar-refractivity contribution in [1.29, 1.82) is 0 Å². The number of hydrogen-bond acceptors (Lipinski definition) is 5. The number of carbonyl (C=O) groups is 2. The van der Waals surface area contributed by atoms with Crippen molar-refractivity contribution >= 4 is 40.5 Å². The van der Waals surface area contributed by atoms with Crippen LogP contribution in [0, 0.1) is 10.1 Å². The van der Waals surface area contributed by atoms with E-state index in [2.05, 4.69) is 15.8 Å². The largest absolute Gasteiger partial charge is 0.326 e. The first-order chi connectivity index (χ1) is 12.3. The van der Waals surface area contributed by atoms with E-state index in [9.17, 15) is 19.7 Å². The van der Waals surface area contributed by atoms with Gasteiger partial charge in [-0.15, -0.1) is 0 Å². The normalized spacial score (nSPS) is 10.9. The third-order valence-electron chi connectivity index (χ3n) is 3.21. The van der Waals surface area contributed by atoms with E-state index < -0.39 is 16.7 Å². The van der Waals surface area contributed by atoms with Crippen molar-refractivity contribution in [2.24, 2.45) is 5.10 Å². The second-order valence-corrected chi connectivity index (χ2v) is 5.76. The summed E-state index contributed by atoms with van der Waals surface area (Å²) >= 11 is 5.75. The van der Waals surface area contributed by atoms with Crippen LogP contribution in [0.3, 0.4) is 0 Å². The summed E-state index contributed by atoms with van der Waals surface area (Å²) in [5, 5.41) is 17.6. The predicted octanol–water partition coefficient (Wildman–Crippen LogP) is 3.38. The highest BCUT2D eigenvalue weighted by atomic mass is 35.5. The molecule has 2 N–H and O–H groups in total. The average Bonchev–Trinajstić information content (AvgIpc) is 2.60. The Morgan fingerprint density at radius 1 is 1.19 bits per heavy atom. The zero-order chi connectivity index (χ0) is 19.1. The molecule has 0 atom stereocenters. The molecule has 0 aliphatic rings. The summed E-state index contributed by atoms with van der Waals surface area (Å²) in [4.78, 5) is 34.1. The fourth-order valence-electron chi connectivity index (χ4n) is 1.99. The maximum Gasteiger partial charge on any atom is 0.271 e. The molecule has 0 aliphatic heterocycles.